The second-order valence-corrected chi connectivity index (χ2v) is 2.37. The zero-order chi connectivity index (χ0) is 7.98. The van der Waals surface area contributed by atoms with Crippen LogP contribution in [0.15, 0.2) is 0 Å². The van der Waals surface area contributed by atoms with E-state index in [0.717, 1.165) is 0 Å². The first-order chi connectivity index (χ1) is 4.70. The van der Waals surface area contributed by atoms with Gasteiger partial charge in [0.1, 0.15) is 0 Å². The summed E-state index contributed by atoms with van der Waals surface area (Å²) in [5.74, 6) is 0. The second kappa shape index (κ2) is 5.65. The van der Waals surface area contributed by atoms with E-state index in [1.54, 1.807) is 7.11 Å². The van der Waals surface area contributed by atoms with E-state index < -0.39 is 0 Å². The van der Waals surface area contributed by atoms with Gasteiger partial charge >= 0.3 is 0 Å². The van der Waals surface area contributed by atoms with Crippen LogP contribution >= 0.6 is 0 Å². The predicted molar refractivity (Wildman–Crippen MR) is 39.0 cm³/mol. The lowest BCUT2D eigenvalue weighted by molar-refractivity contribution is -0.0313. The van der Waals surface area contributed by atoms with E-state index in [2.05, 4.69) is 0 Å². The molecule has 0 fully saturated rings. The zero-order valence-corrected chi connectivity index (χ0v) is 6.83. The van der Waals surface area contributed by atoms with E-state index in [4.69, 9.17) is 14.6 Å². The maximum Gasteiger partial charge on any atom is 0.0779 e. The highest BCUT2D eigenvalue weighted by atomic mass is 16.5. The van der Waals surface area contributed by atoms with Crippen molar-refractivity contribution in [3.05, 3.63) is 0 Å². The highest BCUT2D eigenvalue weighted by Crippen LogP contribution is 1.93. The summed E-state index contributed by atoms with van der Waals surface area (Å²) in [4.78, 5) is 0. The van der Waals surface area contributed by atoms with Gasteiger partial charge in [-0.15, -0.1) is 0 Å². The molecule has 0 aliphatic rings. The van der Waals surface area contributed by atoms with E-state index in [1.165, 1.54) is 0 Å². The summed E-state index contributed by atoms with van der Waals surface area (Å²) >= 11 is 0. The van der Waals surface area contributed by atoms with Crippen molar-refractivity contribution >= 4 is 0 Å². The molecule has 0 spiro atoms. The van der Waals surface area contributed by atoms with Gasteiger partial charge in [0.05, 0.1) is 25.4 Å². The summed E-state index contributed by atoms with van der Waals surface area (Å²) < 4.78 is 10.1. The number of hydrogen-bond donors (Lipinski definition) is 1. The van der Waals surface area contributed by atoms with Crippen molar-refractivity contribution in [3.63, 3.8) is 0 Å². The van der Waals surface area contributed by atoms with Gasteiger partial charge in [-0.05, 0) is 13.8 Å². The Labute approximate surface area is 62.0 Å². The molecule has 0 saturated carbocycles. The molecule has 0 amide bonds. The maximum atomic E-state index is 8.55. The molecular weight excluding hydrogens is 132 g/mol. The molecule has 0 rings (SSSR count). The van der Waals surface area contributed by atoms with E-state index >= 15 is 0 Å². The van der Waals surface area contributed by atoms with Crippen molar-refractivity contribution in [2.45, 2.75) is 26.1 Å². The summed E-state index contributed by atoms with van der Waals surface area (Å²) in [6, 6.07) is 0. The van der Waals surface area contributed by atoms with Crippen LogP contribution in [-0.2, 0) is 9.47 Å². The van der Waals surface area contributed by atoms with Crippen LogP contribution in [0.25, 0.3) is 0 Å². The third-order valence-corrected chi connectivity index (χ3v) is 1.27. The van der Waals surface area contributed by atoms with Gasteiger partial charge in [0.2, 0.25) is 0 Å². The maximum absolute atomic E-state index is 8.55. The lowest BCUT2D eigenvalue weighted by atomic mass is 10.4. The van der Waals surface area contributed by atoms with Crippen molar-refractivity contribution in [1.82, 2.24) is 0 Å². The van der Waals surface area contributed by atoms with Gasteiger partial charge in [0.15, 0.2) is 0 Å². The standard InChI is InChI=1S/C7H16O3/c1-6(4-8)10-5-7(2)9-3/h6-8H,4-5H2,1-3H3/t6-,7+/m1/s1. The van der Waals surface area contributed by atoms with E-state index in [0.29, 0.717) is 6.61 Å². The first-order valence-corrected chi connectivity index (χ1v) is 3.46. The summed E-state index contributed by atoms with van der Waals surface area (Å²) in [7, 11) is 1.64. The molecule has 3 heteroatoms. The number of methoxy groups -OCH3 is 1. The largest absolute Gasteiger partial charge is 0.394 e. The molecule has 0 aliphatic carbocycles. The molecule has 0 aromatic heterocycles. The Morgan fingerprint density at radius 2 is 1.90 bits per heavy atom. The summed E-state index contributed by atoms with van der Waals surface area (Å²) in [6.07, 6.45) is 0.0200. The highest BCUT2D eigenvalue weighted by molar-refractivity contribution is 4.49. The molecule has 0 bridgehead atoms. The number of rotatable bonds is 5. The lowest BCUT2D eigenvalue weighted by Gasteiger charge is -2.13. The molecule has 10 heavy (non-hydrogen) atoms. The third kappa shape index (κ3) is 4.73. The number of aliphatic hydroxyl groups is 1. The SMILES string of the molecule is CO[C@@H](C)CO[C@H](C)CO. The van der Waals surface area contributed by atoms with Crippen LogP contribution in [0.5, 0.6) is 0 Å². The van der Waals surface area contributed by atoms with Crippen LogP contribution in [0.3, 0.4) is 0 Å². The van der Waals surface area contributed by atoms with E-state index in [9.17, 15) is 0 Å². The van der Waals surface area contributed by atoms with Gasteiger partial charge in [0, 0.05) is 7.11 Å². The van der Waals surface area contributed by atoms with Gasteiger partial charge < -0.3 is 14.6 Å². The Morgan fingerprint density at radius 3 is 2.30 bits per heavy atom. The summed E-state index contributed by atoms with van der Waals surface area (Å²) in [6.45, 7) is 4.35. The Bertz CT molecular complexity index is 65.3. The summed E-state index contributed by atoms with van der Waals surface area (Å²) in [5.41, 5.74) is 0. The van der Waals surface area contributed by atoms with Gasteiger partial charge in [0.25, 0.3) is 0 Å². The molecule has 0 heterocycles. The van der Waals surface area contributed by atoms with Crippen LogP contribution in [0.1, 0.15) is 13.8 Å². The molecule has 0 aliphatic heterocycles. The average molecular weight is 148 g/mol. The van der Waals surface area contributed by atoms with Gasteiger partial charge in [-0.25, -0.2) is 0 Å². The third-order valence-electron chi connectivity index (χ3n) is 1.27. The fourth-order valence-corrected chi connectivity index (χ4v) is 0.421. The Hall–Kier alpha value is -0.120. The molecule has 2 atom stereocenters. The monoisotopic (exact) mass is 148 g/mol. The Morgan fingerprint density at radius 1 is 1.30 bits per heavy atom. The predicted octanol–water partition coefficient (Wildman–Crippen LogP) is 0.419. The molecule has 0 aromatic rings. The quantitative estimate of drug-likeness (QED) is 0.614. The molecule has 3 nitrogen and oxygen atoms in total. The van der Waals surface area contributed by atoms with E-state index in [-0.39, 0.29) is 18.8 Å². The Kier molecular flexibility index (Phi) is 5.58. The normalized spacial score (nSPS) is 16.8. The van der Waals surface area contributed by atoms with Crippen LogP contribution in [0.2, 0.25) is 0 Å². The minimum absolute atomic E-state index is 0.0659. The number of ether oxygens (including phenoxy) is 2. The number of hydrogen-bond acceptors (Lipinski definition) is 3. The molecule has 1 N–H and O–H groups in total. The molecule has 0 aromatic carbocycles. The minimum atomic E-state index is -0.0856. The van der Waals surface area contributed by atoms with Gasteiger partial charge in [-0.2, -0.15) is 0 Å². The Balaban J connectivity index is 3.17. The first-order valence-electron chi connectivity index (χ1n) is 3.46. The van der Waals surface area contributed by atoms with Crippen molar-refractivity contribution in [3.8, 4) is 0 Å². The molecule has 0 radical (unpaired) electrons. The van der Waals surface area contributed by atoms with Crippen molar-refractivity contribution in [2.24, 2.45) is 0 Å². The minimum Gasteiger partial charge on any atom is -0.394 e. The fourth-order valence-electron chi connectivity index (χ4n) is 0.421. The molecule has 0 saturated heterocycles. The summed E-state index contributed by atoms with van der Waals surface area (Å²) in [5, 5.41) is 8.55. The smallest absolute Gasteiger partial charge is 0.0779 e. The molecule has 62 valence electrons. The van der Waals surface area contributed by atoms with Crippen molar-refractivity contribution in [1.29, 1.82) is 0 Å². The van der Waals surface area contributed by atoms with Crippen LogP contribution in [0.4, 0.5) is 0 Å². The van der Waals surface area contributed by atoms with Crippen LogP contribution in [0, 0.1) is 0 Å². The first kappa shape index (κ1) is 9.88. The van der Waals surface area contributed by atoms with Crippen molar-refractivity contribution < 1.29 is 14.6 Å². The average Bonchev–Trinajstić information content (AvgIpc) is 1.99. The van der Waals surface area contributed by atoms with Crippen LogP contribution in [-0.4, -0.2) is 37.6 Å². The highest BCUT2D eigenvalue weighted by Gasteiger charge is 2.03. The van der Waals surface area contributed by atoms with Crippen molar-refractivity contribution in [2.75, 3.05) is 20.3 Å². The molecule has 0 unspecified atom stereocenters. The van der Waals surface area contributed by atoms with Gasteiger partial charge in [-0.1, -0.05) is 0 Å². The second-order valence-electron chi connectivity index (χ2n) is 2.37. The van der Waals surface area contributed by atoms with Gasteiger partial charge in [-0.3, -0.25) is 0 Å². The number of aliphatic hydroxyl groups excluding tert-OH is 1. The molecular formula is C7H16O3. The fraction of sp³-hybridized carbons (Fsp3) is 1.00. The lowest BCUT2D eigenvalue weighted by Crippen LogP contribution is -2.21. The zero-order valence-electron chi connectivity index (χ0n) is 6.83. The van der Waals surface area contributed by atoms with E-state index in [1.807, 2.05) is 13.8 Å². The topological polar surface area (TPSA) is 38.7 Å². The van der Waals surface area contributed by atoms with Crippen LogP contribution < -0.4 is 0 Å².